The Morgan fingerprint density at radius 3 is 1.84 bits per heavy atom. The fraction of sp³-hybridized carbons (Fsp3) is 0.933. The summed E-state index contributed by atoms with van der Waals surface area (Å²) in [5, 5.41) is 0. The van der Waals surface area contributed by atoms with E-state index in [0.717, 1.165) is 37.5 Å². The van der Waals surface area contributed by atoms with E-state index < -0.39 is 11.1 Å². The number of hydrogen-bond acceptors (Lipinski definition) is 3. The molecule has 2 N–H and O–H groups in total. The molecule has 4 saturated carbocycles. The summed E-state index contributed by atoms with van der Waals surface area (Å²) in [6, 6.07) is 0. The molecule has 4 rings (SSSR count). The smallest absolute Gasteiger partial charge is 0.327 e. The van der Waals surface area contributed by atoms with Crippen LogP contribution in [0.4, 0.5) is 0 Å². The highest BCUT2D eigenvalue weighted by Crippen LogP contribution is 2.57. The second-order valence-electron chi connectivity index (χ2n) is 7.74. The van der Waals surface area contributed by atoms with Gasteiger partial charge in [0.1, 0.15) is 11.1 Å². The van der Waals surface area contributed by atoms with Gasteiger partial charge in [-0.3, -0.25) is 4.79 Å². The van der Waals surface area contributed by atoms with E-state index in [1.165, 1.54) is 6.42 Å². The molecule has 110 valence electrons. The third kappa shape index (κ3) is 2.40. The molecule has 0 aromatic carbocycles. The van der Waals surface area contributed by atoms with Gasteiger partial charge in [-0.1, -0.05) is 0 Å². The van der Waals surface area contributed by atoms with Gasteiger partial charge in [0.2, 0.25) is 0 Å². The van der Waals surface area contributed by atoms with Gasteiger partial charge in [-0.25, -0.2) is 0 Å². The van der Waals surface area contributed by atoms with Crippen molar-refractivity contribution in [2.24, 2.45) is 29.4 Å². The SMILES string of the molecule is CC(C)(C)OC(=O)C1(N)C2CC3CC(C2)CC1C3.Cl. The summed E-state index contributed by atoms with van der Waals surface area (Å²) in [6.45, 7) is 5.76. The molecule has 4 aliphatic carbocycles. The van der Waals surface area contributed by atoms with Gasteiger partial charge >= 0.3 is 5.97 Å². The highest BCUT2D eigenvalue weighted by molar-refractivity contribution is 5.85. The Balaban J connectivity index is 0.00000133. The minimum atomic E-state index is -0.694. The second kappa shape index (κ2) is 4.63. The molecule has 0 aliphatic heterocycles. The van der Waals surface area contributed by atoms with Gasteiger partial charge < -0.3 is 10.5 Å². The van der Waals surface area contributed by atoms with Gasteiger partial charge in [-0.05, 0) is 76.5 Å². The van der Waals surface area contributed by atoms with E-state index in [1.807, 2.05) is 20.8 Å². The van der Waals surface area contributed by atoms with Crippen LogP contribution < -0.4 is 5.73 Å². The Morgan fingerprint density at radius 2 is 1.47 bits per heavy atom. The van der Waals surface area contributed by atoms with Crippen LogP contribution in [0, 0.1) is 23.7 Å². The highest BCUT2D eigenvalue weighted by Gasteiger charge is 2.60. The van der Waals surface area contributed by atoms with E-state index >= 15 is 0 Å². The van der Waals surface area contributed by atoms with Crippen LogP contribution in [0.3, 0.4) is 0 Å². The highest BCUT2D eigenvalue weighted by atomic mass is 35.5. The predicted octanol–water partition coefficient (Wildman–Crippen LogP) is 2.90. The van der Waals surface area contributed by atoms with Crippen molar-refractivity contribution in [3.63, 3.8) is 0 Å². The zero-order valence-electron chi connectivity index (χ0n) is 12.1. The molecule has 0 atom stereocenters. The first-order valence-corrected chi connectivity index (χ1v) is 7.31. The summed E-state index contributed by atoms with van der Waals surface area (Å²) < 4.78 is 5.60. The molecule has 4 fully saturated rings. The molecule has 0 saturated heterocycles. The van der Waals surface area contributed by atoms with Crippen molar-refractivity contribution in [1.29, 1.82) is 0 Å². The summed E-state index contributed by atoms with van der Waals surface area (Å²) in [4.78, 5) is 12.5. The summed E-state index contributed by atoms with van der Waals surface area (Å²) in [6.07, 6.45) is 5.94. The van der Waals surface area contributed by atoms with Crippen LogP contribution in [0.1, 0.15) is 52.9 Å². The van der Waals surface area contributed by atoms with Crippen molar-refractivity contribution < 1.29 is 9.53 Å². The molecular formula is C15H26ClNO2. The van der Waals surface area contributed by atoms with E-state index in [1.54, 1.807) is 0 Å². The lowest BCUT2D eigenvalue weighted by Crippen LogP contribution is -2.68. The molecular weight excluding hydrogens is 262 g/mol. The Kier molecular flexibility index (Phi) is 3.68. The van der Waals surface area contributed by atoms with Gasteiger partial charge in [0, 0.05) is 0 Å². The second-order valence-corrected chi connectivity index (χ2v) is 7.74. The Morgan fingerprint density at radius 1 is 1.05 bits per heavy atom. The molecule has 4 heteroatoms. The standard InChI is InChI=1S/C15H25NO2.ClH/c1-14(2,3)18-13(17)15(16)11-5-9-4-10(7-11)8-12(15)6-9;/h9-12H,4-8,16H2,1-3H3;1H. The number of carbonyl (C=O) groups is 1. The Bertz CT molecular complexity index is 347. The van der Waals surface area contributed by atoms with Gasteiger partial charge in [-0.2, -0.15) is 0 Å². The molecule has 19 heavy (non-hydrogen) atoms. The fourth-order valence-corrected chi connectivity index (χ4v) is 4.66. The molecule has 4 aliphatic rings. The van der Waals surface area contributed by atoms with E-state index in [-0.39, 0.29) is 18.4 Å². The van der Waals surface area contributed by atoms with Crippen molar-refractivity contribution in [1.82, 2.24) is 0 Å². The van der Waals surface area contributed by atoms with Crippen molar-refractivity contribution in [2.75, 3.05) is 0 Å². The van der Waals surface area contributed by atoms with E-state index in [2.05, 4.69) is 0 Å². The molecule has 0 radical (unpaired) electrons. The number of esters is 1. The van der Waals surface area contributed by atoms with Gasteiger partial charge in [0.15, 0.2) is 0 Å². The average Bonchev–Trinajstić information content (AvgIpc) is 2.22. The fourth-order valence-electron chi connectivity index (χ4n) is 4.66. The van der Waals surface area contributed by atoms with Crippen molar-refractivity contribution >= 4 is 18.4 Å². The zero-order valence-corrected chi connectivity index (χ0v) is 13.0. The zero-order chi connectivity index (χ0) is 13.1. The maximum Gasteiger partial charge on any atom is 0.327 e. The van der Waals surface area contributed by atoms with E-state index in [0.29, 0.717) is 11.8 Å². The molecule has 0 heterocycles. The lowest BCUT2D eigenvalue weighted by molar-refractivity contribution is -0.177. The van der Waals surface area contributed by atoms with Crippen LogP contribution in [-0.4, -0.2) is 17.1 Å². The number of nitrogens with two attached hydrogens (primary N) is 1. The minimum absolute atomic E-state index is 0. The monoisotopic (exact) mass is 287 g/mol. The Labute approximate surface area is 122 Å². The summed E-state index contributed by atoms with van der Waals surface area (Å²) in [5.41, 5.74) is 5.44. The third-order valence-corrected chi connectivity index (χ3v) is 5.24. The van der Waals surface area contributed by atoms with E-state index in [4.69, 9.17) is 10.5 Å². The van der Waals surface area contributed by atoms with Crippen LogP contribution in [0.15, 0.2) is 0 Å². The number of rotatable bonds is 1. The van der Waals surface area contributed by atoms with Crippen molar-refractivity contribution in [3.8, 4) is 0 Å². The molecule has 0 unspecified atom stereocenters. The van der Waals surface area contributed by atoms with Gasteiger partial charge in [-0.15, -0.1) is 12.4 Å². The third-order valence-electron chi connectivity index (χ3n) is 5.24. The topological polar surface area (TPSA) is 52.3 Å². The van der Waals surface area contributed by atoms with Crippen LogP contribution >= 0.6 is 12.4 Å². The number of halogens is 1. The maximum atomic E-state index is 12.5. The largest absolute Gasteiger partial charge is 0.459 e. The predicted molar refractivity (Wildman–Crippen MR) is 77.1 cm³/mol. The molecule has 0 aromatic rings. The van der Waals surface area contributed by atoms with Crippen LogP contribution in [0.5, 0.6) is 0 Å². The van der Waals surface area contributed by atoms with E-state index in [9.17, 15) is 4.79 Å². The number of carbonyl (C=O) groups excluding carboxylic acids is 1. The van der Waals surface area contributed by atoms with Crippen molar-refractivity contribution in [2.45, 2.75) is 64.0 Å². The Hall–Kier alpha value is -0.280. The quantitative estimate of drug-likeness (QED) is 0.755. The normalized spacial score (nSPS) is 43.8. The van der Waals surface area contributed by atoms with Gasteiger partial charge in [0.05, 0.1) is 0 Å². The molecule has 3 nitrogen and oxygen atoms in total. The first kappa shape index (κ1) is 15.1. The summed E-state index contributed by atoms with van der Waals surface area (Å²) in [7, 11) is 0. The molecule has 0 amide bonds. The maximum absolute atomic E-state index is 12.5. The first-order chi connectivity index (χ1) is 8.29. The first-order valence-electron chi connectivity index (χ1n) is 7.31. The summed E-state index contributed by atoms with van der Waals surface area (Å²) >= 11 is 0. The molecule has 4 bridgehead atoms. The molecule has 0 aromatic heterocycles. The van der Waals surface area contributed by atoms with Crippen LogP contribution in [-0.2, 0) is 9.53 Å². The van der Waals surface area contributed by atoms with Gasteiger partial charge in [0.25, 0.3) is 0 Å². The molecule has 0 spiro atoms. The summed E-state index contributed by atoms with van der Waals surface area (Å²) in [5.74, 6) is 2.23. The van der Waals surface area contributed by atoms with Crippen LogP contribution in [0.2, 0.25) is 0 Å². The number of hydrogen-bond donors (Lipinski definition) is 1. The minimum Gasteiger partial charge on any atom is -0.459 e. The lowest BCUT2D eigenvalue weighted by atomic mass is 9.49. The van der Waals surface area contributed by atoms with Crippen LogP contribution in [0.25, 0.3) is 0 Å². The number of ether oxygens (including phenoxy) is 1. The lowest BCUT2D eigenvalue weighted by Gasteiger charge is -2.58. The van der Waals surface area contributed by atoms with Crippen molar-refractivity contribution in [3.05, 3.63) is 0 Å². The average molecular weight is 288 g/mol.